The molecule has 64 heavy (non-hydrogen) atoms. The van der Waals surface area contributed by atoms with Crippen LogP contribution in [0.25, 0.3) is 0 Å². The van der Waals surface area contributed by atoms with Gasteiger partial charge in [0, 0.05) is 12.8 Å². The van der Waals surface area contributed by atoms with Crippen molar-refractivity contribution in [2.24, 2.45) is 0 Å². The molecule has 0 spiro atoms. The fourth-order valence-electron chi connectivity index (χ4n) is 7.32. The number of carbonyl (C=O) groups excluding carboxylic acids is 2. The minimum atomic E-state index is -1.77. The molecular formula is C49H84O15. The first kappa shape index (κ1) is 57.6. The molecule has 0 aromatic carbocycles. The summed E-state index contributed by atoms with van der Waals surface area (Å²) in [7, 11) is 0. The zero-order valence-corrected chi connectivity index (χ0v) is 38.8. The maximum absolute atomic E-state index is 13.0. The van der Waals surface area contributed by atoms with Crippen molar-refractivity contribution in [2.45, 2.75) is 223 Å². The van der Waals surface area contributed by atoms with Gasteiger partial charge in [-0.3, -0.25) is 9.59 Å². The number of aliphatic hydroxyl groups excluding tert-OH is 7. The van der Waals surface area contributed by atoms with E-state index < -0.39 is 99.3 Å². The highest BCUT2D eigenvalue weighted by Crippen LogP contribution is 2.26. The van der Waals surface area contributed by atoms with Crippen molar-refractivity contribution in [3.63, 3.8) is 0 Å². The van der Waals surface area contributed by atoms with E-state index in [4.69, 9.17) is 28.4 Å². The standard InChI is InChI=1S/C49H84O15/c1-3-5-7-9-11-13-15-16-17-18-19-20-22-24-26-28-30-32-41(52)62-37(34-59-40(51)31-29-27-25-23-21-14-12-10-8-6-4-2)35-60-48-47(58)45(56)43(54)39(64-48)36-61-49-46(57)44(55)42(53)38(33-50)63-49/h5,7,11,13,16-17,19-20,37-39,42-50,53-58H,3-4,6,8-10,12,14-15,18,21-36H2,1-2H3/b7-5-,13-11-,17-16-,20-19-. The zero-order chi connectivity index (χ0) is 46.8. The van der Waals surface area contributed by atoms with Crippen LogP contribution in [0.3, 0.4) is 0 Å². The lowest BCUT2D eigenvalue weighted by atomic mass is 9.98. The smallest absolute Gasteiger partial charge is 0.306 e. The number of carbonyl (C=O) groups is 2. The lowest BCUT2D eigenvalue weighted by molar-refractivity contribution is -0.332. The second kappa shape index (κ2) is 36.6. The van der Waals surface area contributed by atoms with Crippen molar-refractivity contribution in [3.05, 3.63) is 48.6 Å². The third kappa shape index (κ3) is 24.8. The number of esters is 2. The van der Waals surface area contributed by atoms with E-state index in [9.17, 15) is 45.3 Å². The van der Waals surface area contributed by atoms with Gasteiger partial charge in [-0.25, -0.2) is 0 Å². The van der Waals surface area contributed by atoms with Gasteiger partial charge in [-0.2, -0.15) is 0 Å². The number of unbranched alkanes of at least 4 members (excludes halogenated alkanes) is 14. The molecule has 0 bridgehead atoms. The van der Waals surface area contributed by atoms with Gasteiger partial charge in [0.25, 0.3) is 0 Å². The largest absolute Gasteiger partial charge is 0.462 e. The van der Waals surface area contributed by atoms with Crippen LogP contribution >= 0.6 is 0 Å². The van der Waals surface area contributed by atoms with E-state index in [0.717, 1.165) is 70.6 Å². The van der Waals surface area contributed by atoms with Crippen LogP contribution in [0.1, 0.15) is 155 Å². The van der Waals surface area contributed by atoms with E-state index in [1.807, 2.05) is 0 Å². The molecule has 2 rings (SSSR count). The SMILES string of the molecule is CC/C=C\C/C=C\C/C=C\C/C=C\CCCCCCC(=O)OC(COC(=O)CCCCCCCCCCCCC)COC1OC(COC2OC(CO)C(O)C(O)C2O)C(O)C(O)C1O. The van der Waals surface area contributed by atoms with Crippen LogP contribution in [0.2, 0.25) is 0 Å². The van der Waals surface area contributed by atoms with Gasteiger partial charge in [0.1, 0.15) is 55.4 Å². The minimum Gasteiger partial charge on any atom is -0.462 e. The molecule has 2 heterocycles. The summed E-state index contributed by atoms with van der Waals surface area (Å²) in [5.41, 5.74) is 0. The molecule has 2 aliphatic rings. The molecule has 370 valence electrons. The topological polar surface area (TPSA) is 231 Å². The van der Waals surface area contributed by atoms with Crippen LogP contribution in [0.15, 0.2) is 48.6 Å². The Labute approximate surface area is 382 Å². The fourth-order valence-corrected chi connectivity index (χ4v) is 7.32. The van der Waals surface area contributed by atoms with Crippen LogP contribution in [-0.4, -0.2) is 142 Å². The number of hydrogen-bond acceptors (Lipinski definition) is 15. The maximum Gasteiger partial charge on any atom is 0.306 e. The maximum atomic E-state index is 13.0. The zero-order valence-electron chi connectivity index (χ0n) is 38.8. The van der Waals surface area contributed by atoms with E-state index in [1.54, 1.807) is 0 Å². The summed E-state index contributed by atoms with van der Waals surface area (Å²) >= 11 is 0. The molecule has 7 N–H and O–H groups in total. The Kier molecular flexibility index (Phi) is 32.9. The number of hydrogen-bond donors (Lipinski definition) is 7. The van der Waals surface area contributed by atoms with Gasteiger partial charge < -0.3 is 64.2 Å². The molecule has 2 aliphatic heterocycles. The summed E-state index contributed by atoms with van der Waals surface area (Å²) in [6.07, 6.45) is 21.5. The molecule has 15 nitrogen and oxygen atoms in total. The van der Waals surface area contributed by atoms with Crippen molar-refractivity contribution < 1.29 is 73.8 Å². The average molecular weight is 913 g/mol. The quantitative estimate of drug-likeness (QED) is 0.0220. The first-order chi connectivity index (χ1) is 31.0. The molecule has 0 aliphatic carbocycles. The van der Waals surface area contributed by atoms with Gasteiger partial charge in [0.2, 0.25) is 0 Å². The van der Waals surface area contributed by atoms with E-state index in [0.29, 0.717) is 12.8 Å². The van der Waals surface area contributed by atoms with Crippen LogP contribution < -0.4 is 0 Å². The van der Waals surface area contributed by atoms with Crippen molar-refractivity contribution >= 4 is 11.9 Å². The first-order valence-corrected chi connectivity index (χ1v) is 24.2. The monoisotopic (exact) mass is 913 g/mol. The molecule has 0 amide bonds. The molecule has 2 fully saturated rings. The Morgan fingerprint density at radius 3 is 1.55 bits per heavy atom. The summed E-state index contributed by atoms with van der Waals surface area (Å²) in [4.78, 5) is 25.7. The molecule has 0 radical (unpaired) electrons. The first-order valence-electron chi connectivity index (χ1n) is 24.2. The predicted octanol–water partition coefficient (Wildman–Crippen LogP) is 5.93. The fraction of sp³-hybridized carbons (Fsp3) is 0.796. The van der Waals surface area contributed by atoms with Gasteiger partial charge in [-0.05, 0) is 51.4 Å². The van der Waals surface area contributed by atoms with E-state index in [-0.39, 0.29) is 19.4 Å². The Morgan fingerprint density at radius 2 is 0.984 bits per heavy atom. The summed E-state index contributed by atoms with van der Waals surface area (Å²) in [5.74, 6) is -0.955. The van der Waals surface area contributed by atoms with Gasteiger partial charge in [-0.15, -0.1) is 0 Å². The van der Waals surface area contributed by atoms with Crippen LogP contribution in [0.5, 0.6) is 0 Å². The van der Waals surface area contributed by atoms with Gasteiger partial charge in [0.05, 0.1) is 19.8 Å². The highest BCUT2D eigenvalue weighted by atomic mass is 16.7. The van der Waals surface area contributed by atoms with E-state index >= 15 is 0 Å². The van der Waals surface area contributed by atoms with Crippen LogP contribution in [-0.2, 0) is 38.0 Å². The minimum absolute atomic E-state index is 0.137. The van der Waals surface area contributed by atoms with Crippen molar-refractivity contribution in [1.82, 2.24) is 0 Å². The average Bonchev–Trinajstić information content (AvgIpc) is 3.29. The normalized spacial score (nSPS) is 27.0. The molecule has 0 aromatic heterocycles. The Hall–Kier alpha value is -2.54. The number of aliphatic hydroxyl groups is 7. The molecule has 0 aromatic rings. The van der Waals surface area contributed by atoms with Gasteiger partial charge in [-0.1, -0.05) is 140 Å². The van der Waals surface area contributed by atoms with Gasteiger partial charge in [0.15, 0.2) is 18.7 Å². The molecule has 15 heteroatoms. The lowest BCUT2D eigenvalue weighted by Gasteiger charge is -2.42. The molecule has 11 atom stereocenters. The van der Waals surface area contributed by atoms with Crippen molar-refractivity contribution in [2.75, 3.05) is 26.4 Å². The van der Waals surface area contributed by atoms with Crippen molar-refractivity contribution in [3.8, 4) is 0 Å². The Morgan fingerprint density at radius 1 is 0.516 bits per heavy atom. The predicted molar refractivity (Wildman–Crippen MR) is 243 cm³/mol. The Bertz CT molecular complexity index is 1300. The second-order valence-electron chi connectivity index (χ2n) is 16.9. The molecule has 0 saturated carbocycles. The third-order valence-electron chi connectivity index (χ3n) is 11.3. The van der Waals surface area contributed by atoms with Gasteiger partial charge >= 0.3 is 11.9 Å². The lowest BCUT2D eigenvalue weighted by Crippen LogP contribution is -2.61. The number of allylic oxidation sites excluding steroid dienone is 8. The third-order valence-corrected chi connectivity index (χ3v) is 11.3. The summed E-state index contributed by atoms with van der Waals surface area (Å²) in [6, 6.07) is 0. The number of ether oxygens (including phenoxy) is 6. The molecule has 11 unspecified atom stereocenters. The van der Waals surface area contributed by atoms with E-state index in [2.05, 4.69) is 62.5 Å². The summed E-state index contributed by atoms with van der Waals surface area (Å²) in [6.45, 7) is 2.42. The summed E-state index contributed by atoms with van der Waals surface area (Å²) < 4.78 is 33.5. The van der Waals surface area contributed by atoms with Crippen LogP contribution in [0.4, 0.5) is 0 Å². The molecule has 2 saturated heterocycles. The van der Waals surface area contributed by atoms with Crippen molar-refractivity contribution in [1.29, 1.82) is 0 Å². The Balaban J connectivity index is 1.84. The highest BCUT2D eigenvalue weighted by molar-refractivity contribution is 5.70. The number of rotatable bonds is 36. The second-order valence-corrected chi connectivity index (χ2v) is 16.9. The summed E-state index contributed by atoms with van der Waals surface area (Å²) in [5, 5.41) is 71.9. The van der Waals surface area contributed by atoms with Crippen LogP contribution in [0, 0.1) is 0 Å². The molecular weight excluding hydrogens is 829 g/mol. The van der Waals surface area contributed by atoms with E-state index in [1.165, 1.54) is 44.9 Å². The highest BCUT2D eigenvalue weighted by Gasteiger charge is 2.47.